The first kappa shape index (κ1) is 58.0. The Hall–Kier alpha value is 1.81. The van der Waals surface area contributed by atoms with Crippen LogP contribution >= 0.6 is 0 Å². The molecule has 0 N–H and O–H groups in total. The summed E-state index contributed by atoms with van der Waals surface area (Å²) < 4.78 is 0. The van der Waals surface area contributed by atoms with Gasteiger partial charge in [0.05, 0.1) is 0 Å². The standard InChI is InChI=1S/7C3H7O.Ce.Ti/c7*1-2-3-4;;/h7*2-3H2,1H3;;/q7*-1;+3;+4. The Kier molecular flexibility index (Phi) is 212. The fourth-order valence-electron chi connectivity index (χ4n) is 0. The fourth-order valence-corrected chi connectivity index (χ4v) is 0. The van der Waals surface area contributed by atoms with Crippen LogP contribution < -0.4 is 35.7 Å². The maximum atomic E-state index is 9.30. The summed E-state index contributed by atoms with van der Waals surface area (Å²) in [6, 6.07) is 0. The van der Waals surface area contributed by atoms with Crippen LogP contribution in [-0.4, -0.2) is 46.2 Å². The van der Waals surface area contributed by atoms with Crippen molar-refractivity contribution in [2.24, 2.45) is 0 Å². The molecule has 0 saturated heterocycles. The van der Waals surface area contributed by atoms with Crippen molar-refractivity contribution >= 4 is 0 Å². The van der Waals surface area contributed by atoms with Crippen LogP contribution in [0.1, 0.15) is 93.4 Å². The van der Waals surface area contributed by atoms with E-state index in [1.165, 1.54) is 0 Å². The topological polar surface area (TPSA) is 161 Å². The Bertz CT molecular complexity index is 88.6. The Morgan fingerprint density at radius 3 is 0.333 bits per heavy atom. The van der Waals surface area contributed by atoms with Crippen LogP contribution in [0.15, 0.2) is 0 Å². The van der Waals surface area contributed by atoms with Crippen LogP contribution in [0.25, 0.3) is 0 Å². The first-order chi connectivity index (χ1) is 13.4. The molecule has 30 heavy (non-hydrogen) atoms. The van der Waals surface area contributed by atoms with Gasteiger partial charge in [0.15, 0.2) is 0 Å². The molecule has 0 rings (SSSR count). The average molecular weight is 602 g/mol. The molecule has 0 heterocycles. The number of rotatable bonds is 7. The van der Waals surface area contributed by atoms with Gasteiger partial charge in [0.2, 0.25) is 0 Å². The first-order valence-electron chi connectivity index (χ1n) is 10.5. The Morgan fingerprint density at radius 1 is 0.300 bits per heavy atom. The monoisotopic (exact) mass is 601 g/mol. The molecule has 0 bridgehead atoms. The molecule has 0 saturated carbocycles. The molecule has 183 valence electrons. The molecule has 0 aliphatic carbocycles. The predicted molar refractivity (Wildman–Crippen MR) is 106 cm³/mol. The molecule has 0 aliphatic heterocycles. The summed E-state index contributed by atoms with van der Waals surface area (Å²) in [4.78, 5) is 0. The minimum atomic E-state index is 0. The smallest absolute Gasteiger partial charge is 0.854 e. The Morgan fingerprint density at radius 2 is 0.333 bits per heavy atom. The molecule has 0 aromatic carbocycles. The van der Waals surface area contributed by atoms with E-state index < -0.39 is 0 Å². The van der Waals surface area contributed by atoms with E-state index in [2.05, 4.69) is 0 Å². The van der Waals surface area contributed by atoms with E-state index >= 15 is 0 Å². The molecule has 0 fully saturated rings. The van der Waals surface area contributed by atoms with Gasteiger partial charge in [-0.3, -0.25) is 0 Å². The summed E-state index contributed by atoms with van der Waals surface area (Å²) in [6.45, 7) is 13.6. The van der Waals surface area contributed by atoms with E-state index in [0.717, 1.165) is 44.9 Å². The second kappa shape index (κ2) is 110. The van der Waals surface area contributed by atoms with E-state index in [1.807, 2.05) is 48.5 Å². The third kappa shape index (κ3) is 319. The van der Waals surface area contributed by atoms with Crippen molar-refractivity contribution in [3.63, 3.8) is 0 Å². The minimum absolute atomic E-state index is 0. The van der Waals surface area contributed by atoms with E-state index in [4.69, 9.17) is 0 Å². The SMILES string of the molecule is CCC[O-].CCC[O-].CCC[O-].CCC[O-].CCC[O-].CCC[O-].CCC[O-].[Ce+3].[Ti+4]. The van der Waals surface area contributed by atoms with Crippen LogP contribution in [0.2, 0.25) is 0 Å². The van der Waals surface area contributed by atoms with Crippen LogP contribution in [0.4, 0.5) is 0 Å². The molecule has 7 nitrogen and oxygen atoms in total. The molecule has 0 aromatic rings. The molecule has 0 amide bonds. The average Bonchev–Trinajstić information content (AvgIpc) is 2.79. The summed E-state index contributed by atoms with van der Waals surface area (Å²) >= 11 is 0. The number of hydrogen-bond acceptors (Lipinski definition) is 7. The van der Waals surface area contributed by atoms with Gasteiger partial charge in [0.25, 0.3) is 0 Å². The minimum Gasteiger partial charge on any atom is -0.854 e. The van der Waals surface area contributed by atoms with Gasteiger partial charge < -0.3 is 35.7 Å². The van der Waals surface area contributed by atoms with Crippen LogP contribution in [0, 0.1) is 41.7 Å². The van der Waals surface area contributed by atoms with Gasteiger partial charge in [-0.15, -0.1) is 46.2 Å². The normalized spacial score (nSPS) is 7.00. The molecule has 9 heteroatoms. The maximum absolute atomic E-state index is 9.30. The molecule has 0 aliphatic rings. The molecule has 0 aromatic heterocycles. The van der Waals surface area contributed by atoms with E-state index in [-0.39, 0.29) is 110 Å². The van der Waals surface area contributed by atoms with Crippen LogP contribution in [-0.2, 0) is 21.7 Å². The molecular formula is C21H49CeO7Ti. The fraction of sp³-hybridized carbons (Fsp3) is 1.00. The van der Waals surface area contributed by atoms with E-state index in [0.29, 0.717) is 0 Å². The zero-order valence-electron chi connectivity index (χ0n) is 20.8. The second-order valence-electron chi connectivity index (χ2n) is 4.93. The van der Waals surface area contributed by atoms with Gasteiger partial charge >= 0.3 is 63.5 Å². The largest absolute Gasteiger partial charge is 4.00 e. The van der Waals surface area contributed by atoms with Gasteiger partial charge in [-0.2, -0.15) is 0 Å². The van der Waals surface area contributed by atoms with Crippen molar-refractivity contribution in [2.45, 2.75) is 93.4 Å². The summed E-state index contributed by atoms with van der Waals surface area (Å²) in [5.41, 5.74) is 0. The second-order valence-corrected chi connectivity index (χ2v) is 4.93. The van der Waals surface area contributed by atoms with Crippen LogP contribution in [0.3, 0.4) is 0 Å². The van der Waals surface area contributed by atoms with Crippen molar-refractivity contribution in [1.82, 2.24) is 0 Å². The molecule has 0 spiro atoms. The first-order valence-corrected chi connectivity index (χ1v) is 10.5. The van der Waals surface area contributed by atoms with Crippen LogP contribution in [0.5, 0.6) is 0 Å². The molecule has 0 atom stereocenters. The summed E-state index contributed by atoms with van der Waals surface area (Å²) in [5, 5.41) is 65.1. The van der Waals surface area contributed by atoms with Gasteiger partial charge in [-0.25, -0.2) is 0 Å². The number of hydrogen-bond donors (Lipinski definition) is 0. The van der Waals surface area contributed by atoms with Crippen molar-refractivity contribution < 1.29 is 99.2 Å². The van der Waals surface area contributed by atoms with Gasteiger partial charge in [-0.05, 0) is 0 Å². The summed E-state index contributed by atoms with van der Waals surface area (Å²) in [7, 11) is 0. The molecule has 0 unspecified atom stereocenters. The Balaban J connectivity index is -0.0000000242. The maximum Gasteiger partial charge on any atom is 4.00 e. The quantitative estimate of drug-likeness (QED) is 0.314. The predicted octanol–water partition coefficient (Wildman–Crippen LogP) is -1.71. The molecule has 1 radical (unpaired) electrons. The van der Waals surface area contributed by atoms with Gasteiger partial charge in [0, 0.05) is 0 Å². The van der Waals surface area contributed by atoms with Crippen molar-refractivity contribution in [3.8, 4) is 0 Å². The van der Waals surface area contributed by atoms with E-state index in [1.54, 1.807) is 0 Å². The third-order valence-electron chi connectivity index (χ3n) is 1.43. The zero-order chi connectivity index (χ0) is 23.9. The Labute approximate surface area is 237 Å². The zero-order valence-corrected chi connectivity index (χ0v) is 25.5. The van der Waals surface area contributed by atoms with Crippen molar-refractivity contribution in [3.05, 3.63) is 0 Å². The van der Waals surface area contributed by atoms with Gasteiger partial charge in [-0.1, -0.05) is 93.4 Å². The van der Waals surface area contributed by atoms with Crippen molar-refractivity contribution in [1.29, 1.82) is 0 Å². The van der Waals surface area contributed by atoms with E-state index in [9.17, 15) is 35.7 Å². The van der Waals surface area contributed by atoms with Gasteiger partial charge in [0.1, 0.15) is 0 Å². The van der Waals surface area contributed by atoms with Crippen molar-refractivity contribution in [2.75, 3.05) is 46.2 Å². The molecular weight excluding hydrogens is 552 g/mol. The summed E-state index contributed by atoms with van der Waals surface area (Å²) in [6.07, 6.45) is 5.35. The summed E-state index contributed by atoms with van der Waals surface area (Å²) in [5.74, 6) is 0. The third-order valence-corrected chi connectivity index (χ3v) is 1.43.